The fourth-order valence-electron chi connectivity index (χ4n) is 5.04. The minimum Gasteiger partial charge on any atom is -0.493 e. The molecular weight excluding hydrogens is 470 g/mol. The molecule has 0 spiro atoms. The van der Waals surface area contributed by atoms with Crippen LogP contribution in [0.2, 0.25) is 0 Å². The molecule has 0 aliphatic heterocycles. The van der Waals surface area contributed by atoms with E-state index in [4.69, 9.17) is 4.74 Å². The van der Waals surface area contributed by atoms with Crippen molar-refractivity contribution >= 4 is 11.2 Å². The van der Waals surface area contributed by atoms with E-state index in [9.17, 15) is 0 Å². The Morgan fingerprint density at radius 3 is 2.66 bits per heavy atom. The highest BCUT2D eigenvalue weighted by Crippen LogP contribution is 2.29. The van der Waals surface area contributed by atoms with E-state index in [-0.39, 0.29) is 0 Å². The molecule has 0 radical (unpaired) electrons. The van der Waals surface area contributed by atoms with E-state index in [1.165, 1.54) is 48.2 Å². The molecule has 3 aromatic heterocycles. The van der Waals surface area contributed by atoms with Crippen LogP contribution in [0, 0.1) is 25.7 Å². The number of imidazole rings is 1. The van der Waals surface area contributed by atoms with Gasteiger partial charge in [-0.3, -0.25) is 0 Å². The molecule has 0 fully saturated rings. The third-order valence-electron chi connectivity index (χ3n) is 7.91. The van der Waals surface area contributed by atoms with Crippen molar-refractivity contribution in [1.29, 1.82) is 0 Å². The van der Waals surface area contributed by atoms with Crippen molar-refractivity contribution in [3.8, 4) is 16.9 Å². The Bertz CT molecular complexity index is 1350. The quantitative estimate of drug-likeness (QED) is 0.262. The van der Waals surface area contributed by atoms with Crippen LogP contribution in [-0.4, -0.2) is 31.5 Å². The molecule has 202 valence electrons. The minimum atomic E-state index is 0.708. The lowest BCUT2D eigenvalue weighted by atomic mass is 9.84. The maximum Gasteiger partial charge on any atom is 0.177 e. The first-order chi connectivity index (χ1) is 18.4. The molecular formula is C32H43N5O. The summed E-state index contributed by atoms with van der Waals surface area (Å²) < 4.78 is 6.03. The lowest BCUT2D eigenvalue weighted by molar-refractivity contribution is 0.279. The monoisotopic (exact) mass is 513 g/mol. The first kappa shape index (κ1) is 27.7. The number of aryl methyl sites for hydroxylation is 4. The van der Waals surface area contributed by atoms with Crippen molar-refractivity contribution in [3.05, 3.63) is 65.1 Å². The Labute approximate surface area is 227 Å². The standard InChI is InChI=1S/C21H27N3O.C11H16N2/c1-5-14(3)9-10-25-20-8-7-17(11-16(20)6-2)18-12-19-21(22-13-18)24-15(4)23-19;1-3-9-4-5-11-10(6-9)8(2)12-7-13-11/h7-8,11-14H,5-6,9-10H2,1-4H3,(H,22,23,24);7,9H,3-6H2,1-2H3. The van der Waals surface area contributed by atoms with E-state index in [1.807, 2.05) is 13.1 Å². The SMILES string of the molecule is CCC1CCc2ncnc(C)c2C1.CCc1cc(-c2cnc3nc(C)[nH]c3c2)ccc1OCCC(C)CC. The molecule has 2 unspecified atom stereocenters. The molecule has 4 aromatic rings. The average Bonchev–Trinajstić information content (AvgIpc) is 3.32. The van der Waals surface area contributed by atoms with Crippen LogP contribution in [0.4, 0.5) is 0 Å². The van der Waals surface area contributed by atoms with Gasteiger partial charge in [-0.25, -0.2) is 19.9 Å². The van der Waals surface area contributed by atoms with Crippen LogP contribution in [0.1, 0.15) is 81.7 Å². The van der Waals surface area contributed by atoms with Gasteiger partial charge in [-0.1, -0.05) is 46.6 Å². The van der Waals surface area contributed by atoms with E-state index >= 15 is 0 Å². The van der Waals surface area contributed by atoms with Crippen molar-refractivity contribution in [3.63, 3.8) is 0 Å². The molecule has 0 saturated carbocycles. The number of hydrogen-bond acceptors (Lipinski definition) is 5. The number of nitrogens with one attached hydrogen (secondary N) is 1. The van der Waals surface area contributed by atoms with E-state index in [1.54, 1.807) is 6.33 Å². The summed E-state index contributed by atoms with van der Waals surface area (Å²) in [6, 6.07) is 8.53. The number of hydrogen-bond donors (Lipinski definition) is 1. The molecule has 1 N–H and O–H groups in total. The fraction of sp³-hybridized carbons (Fsp3) is 0.500. The van der Waals surface area contributed by atoms with E-state index < -0.39 is 0 Å². The molecule has 0 saturated heterocycles. The Morgan fingerprint density at radius 2 is 1.89 bits per heavy atom. The van der Waals surface area contributed by atoms with Crippen molar-refractivity contribution < 1.29 is 4.74 Å². The molecule has 0 amide bonds. The molecule has 38 heavy (non-hydrogen) atoms. The first-order valence-corrected chi connectivity index (χ1v) is 14.3. The molecule has 1 aliphatic carbocycles. The summed E-state index contributed by atoms with van der Waals surface area (Å²) >= 11 is 0. The summed E-state index contributed by atoms with van der Waals surface area (Å²) in [5.74, 6) is 3.46. The molecule has 2 atom stereocenters. The largest absolute Gasteiger partial charge is 0.493 e. The summed E-state index contributed by atoms with van der Waals surface area (Å²) in [4.78, 5) is 20.7. The molecule has 0 bridgehead atoms. The summed E-state index contributed by atoms with van der Waals surface area (Å²) in [7, 11) is 0. The Hall–Kier alpha value is -3.28. The zero-order valence-corrected chi connectivity index (χ0v) is 24.0. The van der Waals surface area contributed by atoms with Crippen molar-refractivity contribution in [2.24, 2.45) is 11.8 Å². The van der Waals surface area contributed by atoms with Crippen LogP contribution in [-0.2, 0) is 19.3 Å². The topological polar surface area (TPSA) is 76.6 Å². The third-order valence-corrected chi connectivity index (χ3v) is 7.91. The summed E-state index contributed by atoms with van der Waals surface area (Å²) in [5.41, 5.74) is 9.12. The second kappa shape index (κ2) is 13.0. The number of H-pyrrole nitrogens is 1. The van der Waals surface area contributed by atoms with Gasteiger partial charge in [0.05, 0.1) is 12.1 Å². The van der Waals surface area contributed by atoms with Gasteiger partial charge >= 0.3 is 0 Å². The Kier molecular flexibility index (Phi) is 9.48. The highest BCUT2D eigenvalue weighted by atomic mass is 16.5. The van der Waals surface area contributed by atoms with Gasteiger partial charge in [-0.2, -0.15) is 0 Å². The summed E-state index contributed by atoms with van der Waals surface area (Å²) in [5, 5.41) is 0. The van der Waals surface area contributed by atoms with Gasteiger partial charge in [-0.15, -0.1) is 0 Å². The second-order valence-electron chi connectivity index (χ2n) is 10.6. The molecule has 1 aliphatic rings. The van der Waals surface area contributed by atoms with Gasteiger partial charge in [0, 0.05) is 23.1 Å². The minimum absolute atomic E-state index is 0.708. The number of pyridine rings is 1. The number of aromatic nitrogens is 5. The van der Waals surface area contributed by atoms with Gasteiger partial charge in [-0.05, 0) is 92.7 Å². The normalized spacial score (nSPS) is 15.5. The van der Waals surface area contributed by atoms with Gasteiger partial charge in [0.15, 0.2) is 5.65 Å². The van der Waals surface area contributed by atoms with E-state index in [2.05, 4.69) is 83.8 Å². The Balaban J connectivity index is 0.000000216. The number of aromatic amines is 1. The molecule has 6 heteroatoms. The third kappa shape index (κ3) is 6.77. The smallest absolute Gasteiger partial charge is 0.177 e. The number of rotatable bonds is 8. The molecule has 6 nitrogen and oxygen atoms in total. The maximum atomic E-state index is 6.03. The van der Waals surface area contributed by atoms with Crippen molar-refractivity contribution in [2.75, 3.05) is 6.61 Å². The van der Waals surface area contributed by atoms with Crippen molar-refractivity contribution in [2.45, 2.75) is 86.5 Å². The van der Waals surface area contributed by atoms with Gasteiger partial charge < -0.3 is 9.72 Å². The predicted octanol–water partition coefficient (Wildman–Crippen LogP) is 7.61. The number of nitrogens with zero attached hydrogens (tertiary/aromatic N) is 4. The lowest BCUT2D eigenvalue weighted by Gasteiger charge is -2.23. The average molecular weight is 514 g/mol. The van der Waals surface area contributed by atoms with Gasteiger partial charge in [0.2, 0.25) is 0 Å². The number of benzene rings is 1. The lowest BCUT2D eigenvalue weighted by Crippen LogP contribution is -2.16. The van der Waals surface area contributed by atoms with Crippen LogP contribution >= 0.6 is 0 Å². The van der Waals surface area contributed by atoms with Crippen LogP contribution in [0.5, 0.6) is 5.75 Å². The highest BCUT2D eigenvalue weighted by molar-refractivity contribution is 5.78. The van der Waals surface area contributed by atoms with Crippen LogP contribution < -0.4 is 4.74 Å². The van der Waals surface area contributed by atoms with Crippen LogP contribution in [0.3, 0.4) is 0 Å². The van der Waals surface area contributed by atoms with E-state index in [0.717, 1.165) is 65.7 Å². The van der Waals surface area contributed by atoms with Crippen LogP contribution in [0.25, 0.3) is 22.3 Å². The molecule has 1 aromatic carbocycles. The predicted molar refractivity (Wildman–Crippen MR) is 156 cm³/mol. The Morgan fingerprint density at radius 1 is 1.05 bits per heavy atom. The maximum absolute atomic E-state index is 6.03. The van der Waals surface area contributed by atoms with Crippen LogP contribution in [0.15, 0.2) is 36.8 Å². The summed E-state index contributed by atoms with van der Waals surface area (Å²) in [6.45, 7) is 13.8. The highest BCUT2D eigenvalue weighted by Gasteiger charge is 2.19. The van der Waals surface area contributed by atoms with E-state index in [0.29, 0.717) is 5.92 Å². The fourth-order valence-corrected chi connectivity index (χ4v) is 5.04. The van der Waals surface area contributed by atoms with Gasteiger partial charge in [0.25, 0.3) is 0 Å². The number of fused-ring (bicyclic) bond motifs is 2. The second-order valence-corrected chi connectivity index (χ2v) is 10.6. The zero-order valence-electron chi connectivity index (χ0n) is 24.0. The molecule has 5 rings (SSSR count). The van der Waals surface area contributed by atoms with Gasteiger partial charge in [0.1, 0.15) is 17.9 Å². The number of ether oxygens (including phenoxy) is 1. The zero-order chi connectivity index (χ0) is 27.1. The molecule has 3 heterocycles. The summed E-state index contributed by atoms with van der Waals surface area (Å²) in [6.07, 6.45) is 11.8. The first-order valence-electron chi connectivity index (χ1n) is 14.3. The van der Waals surface area contributed by atoms with Crippen molar-refractivity contribution in [1.82, 2.24) is 24.9 Å².